The fourth-order valence-corrected chi connectivity index (χ4v) is 2.36. The summed E-state index contributed by atoms with van der Waals surface area (Å²) < 4.78 is 5.76. The lowest BCUT2D eigenvalue weighted by Gasteiger charge is -2.05. The van der Waals surface area contributed by atoms with E-state index in [1.54, 1.807) is 36.4 Å². The molecule has 19 heavy (non-hydrogen) atoms. The van der Waals surface area contributed by atoms with Gasteiger partial charge in [-0.15, -0.1) is 0 Å². The molecule has 0 fully saturated rings. The second-order valence-corrected chi connectivity index (χ2v) is 4.58. The van der Waals surface area contributed by atoms with Gasteiger partial charge in [-0.2, -0.15) is 5.26 Å². The Morgan fingerprint density at radius 2 is 1.79 bits per heavy atom. The summed E-state index contributed by atoms with van der Waals surface area (Å²) in [5.74, 6) is 0. The molecule has 0 saturated carbocycles. The van der Waals surface area contributed by atoms with Crippen LogP contribution >= 0.6 is 11.6 Å². The van der Waals surface area contributed by atoms with Crippen LogP contribution in [-0.2, 0) is 6.42 Å². The largest absolute Gasteiger partial charge is 0.454 e. The van der Waals surface area contributed by atoms with E-state index >= 15 is 0 Å². The van der Waals surface area contributed by atoms with Gasteiger partial charge in [0.15, 0.2) is 5.58 Å². The minimum Gasteiger partial charge on any atom is -0.454 e. The minimum atomic E-state index is -0.126. The van der Waals surface area contributed by atoms with Gasteiger partial charge >= 0.3 is 0 Å². The van der Waals surface area contributed by atoms with Crippen molar-refractivity contribution < 1.29 is 4.42 Å². The van der Waals surface area contributed by atoms with E-state index in [2.05, 4.69) is 6.07 Å². The first-order chi connectivity index (χ1) is 9.22. The first-order valence-electron chi connectivity index (χ1n) is 5.72. The topological polar surface area (TPSA) is 54.0 Å². The molecule has 1 heterocycles. The zero-order chi connectivity index (χ0) is 13.4. The van der Waals surface area contributed by atoms with Gasteiger partial charge in [0.2, 0.25) is 5.43 Å². The molecule has 3 nitrogen and oxygen atoms in total. The summed E-state index contributed by atoms with van der Waals surface area (Å²) in [6.07, 6.45) is 0.191. The molecule has 2 aromatic carbocycles. The molecule has 3 rings (SSSR count). The molecule has 0 aliphatic carbocycles. The zero-order valence-corrected chi connectivity index (χ0v) is 10.6. The summed E-state index contributed by atoms with van der Waals surface area (Å²) in [4.78, 5) is 12.4. The second kappa shape index (κ2) is 4.42. The molecule has 0 amide bonds. The normalized spacial score (nSPS) is 10.7. The lowest BCUT2D eigenvalue weighted by atomic mass is 10.1. The van der Waals surface area contributed by atoms with Crippen molar-refractivity contribution in [3.63, 3.8) is 0 Å². The van der Waals surface area contributed by atoms with Crippen LogP contribution in [0.1, 0.15) is 5.56 Å². The lowest BCUT2D eigenvalue weighted by molar-refractivity contribution is 0.655. The van der Waals surface area contributed by atoms with E-state index in [0.717, 1.165) is 0 Å². The van der Waals surface area contributed by atoms with E-state index in [1.165, 1.54) is 0 Å². The van der Waals surface area contributed by atoms with E-state index in [9.17, 15) is 4.79 Å². The van der Waals surface area contributed by atoms with Crippen LogP contribution in [0.2, 0.25) is 5.02 Å². The summed E-state index contributed by atoms with van der Waals surface area (Å²) >= 11 is 6.06. The van der Waals surface area contributed by atoms with Crippen molar-refractivity contribution in [2.75, 3.05) is 0 Å². The first kappa shape index (κ1) is 11.8. The van der Waals surface area contributed by atoms with Crippen molar-refractivity contribution in [3.05, 3.63) is 57.2 Å². The van der Waals surface area contributed by atoms with Crippen molar-refractivity contribution in [3.8, 4) is 6.07 Å². The van der Waals surface area contributed by atoms with Crippen LogP contribution in [0.25, 0.3) is 21.9 Å². The average molecular weight is 270 g/mol. The van der Waals surface area contributed by atoms with Crippen LogP contribution in [0.3, 0.4) is 0 Å². The van der Waals surface area contributed by atoms with E-state index in [4.69, 9.17) is 21.3 Å². The van der Waals surface area contributed by atoms with Gasteiger partial charge in [0.25, 0.3) is 0 Å². The van der Waals surface area contributed by atoms with Crippen molar-refractivity contribution in [2.45, 2.75) is 6.42 Å². The maximum Gasteiger partial charge on any atom is 0.200 e. The van der Waals surface area contributed by atoms with Gasteiger partial charge in [-0.3, -0.25) is 4.79 Å². The highest BCUT2D eigenvalue weighted by molar-refractivity contribution is 6.34. The van der Waals surface area contributed by atoms with Gasteiger partial charge in [-0.25, -0.2) is 0 Å². The molecule has 0 atom stereocenters. The minimum absolute atomic E-state index is 0.126. The van der Waals surface area contributed by atoms with E-state index in [0.29, 0.717) is 32.5 Å². The molecule has 0 aliphatic rings. The Hall–Kier alpha value is -2.31. The van der Waals surface area contributed by atoms with Crippen molar-refractivity contribution >= 4 is 33.5 Å². The second-order valence-electron chi connectivity index (χ2n) is 4.18. The molecule has 3 aromatic rings. The lowest BCUT2D eigenvalue weighted by Crippen LogP contribution is -2.03. The molecular formula is C15H8ClNO2. The predicted octanol–water partition coefficient (Wildman–Crippen LogP) is 3.67. The number of benzene rings is 2. The number of fused-ring (bicyclic) bond motifs is 2. The van der Waals surface area contributed by atoms with Crippen LogP contribution in [0, 0.1) is 11.3 Å². The Labute approximate surface area is 113 Å². The quantitative estimate of drug-likeness (QED) is 0.634. The summed E-state index contributed by atoms with van der Waals surface area (Å²) in [5, 5.41) is 10.1. The Morgan fingerprint density at radius 3 is 2.53 bits per heavy atom. The number of halogens is 1. The van der Waals surface area contributed by atoms with Gasteiger partial charge in [0, 0.05) is 5.56 Å². The Kier molecular flexibility index (Phi) is 2.73. The fraction of sp³-hybridized carbons (Fsp3) is 0.0667. The SMILES string of the molecule is N#CCc1cccc2c(=O)c3cccc(Cl)c3oc12. The smallest absolute Gasteiger partial charge is 0.200 e. The zero-order valence-electron chi connectivity index (χ0n) is 9.81. The molecule has 0 unspecified atom stereocenters. The van der Waals surface area contributed by atoms with Gasteiger partial charge in [0.05, 0.1) is 28.3 Å². The predicted molar refractivity (Wildman–Crippen MR) is 74.3 cm³/mol. The van der Waals surface area contributed by atoms with Gasteiger partial charge < -0.3 is 4.42 Å². The third kappa shape index (κ3) is 1.78. The first-order valence-corrected chi connectivity index (χ1v) is 6.10. The molecule has 0 radical (unpaired) electrons. The van der Waals surface area contributed by atoms with Crippen LogP contribution in [-0.4, -0.2) is 0 Å². The standard InChI is InChI=1S/C15H8ClNO2/c16-12-6-2-5-11-13(18)10-4-1-3-9(7-8-17)14(10)19-15(11)12/h1-6H,7H2. The van der Waals surface area contributed by atoms with Gasteiger partial charge in [-0.05, 0) is 18.2 Å². The number of nitrogens with zero attached hydrogens (tertiary/aromatic N) is 1. The molecule has 92 valence electrons. The summed E-state index contributed by atoms with van der Waals surface area (Å²) in [6.45, 7) is 0. The molecule has 0 saturated heterocycles. The van der Waals surface area contributed by atoms with Crippen molar-refractivity contribution in [1.29, 1.82) is 5.26 Å². The van der Waals surface area contributed by atoms with Crippen LogP contribution in [0.15, 0.2) is 45.6 Å². The average Bonchev–Trinajstić information content (AvgIpc) is 2.42. The monoisotopic (exact) mass is 269 g/mol. The Balaban J connectivity index is 2.55. The number of para-hydroxylation sites is 2. The molecule has 1 aromatic heterocycles. The van der Waals surface area contributed by atoms with Crippen LogP contribution in [0.4, 0.5) is 0 Å². The van der Waals surface area contributed by atoms with Gasteiger partial charge in [0.1, 0.15) is 5.58 Å². The Bertz CT molecular complexity index is 890. The summed E-state index contributed by atoms with van der Waals surface area (Å²) in [5.41, 5.74) is 1.37. The Morgan fingerprint density at radius 1 is 1.11 bits per heavy atom. The molecule has 0 bridgehead atoms. The number of rotatable bonds is 1. The van der Waals surface area contributed by atoms with E-state index < -0.39 is 0 Å². The molecule has 0 spiro atoms. The maximum atomic E-state index is 12.4. The summed E-state index contributed by atoms with van der Waals surface area (Å²) in [7, 11) is 0. The van der Waals surface area contributed by atoms with E-state index in [-0.39, 0.29) is 11.8 Å². The van der Waals surface area contributed by atoms with Crippen molar-refractivity contribution in [1.82, 2.24) is 0 Å². The number of hydrogen-bond acceptors (Lipinski definition) is 3. The summed E-state index contributed by atoms with van der Waals surface area (Å²) in [6, 6.07) is 12.4. The maximum absolute atomic E-state index is 12.4. The molecule has 0 aliphatic heterocycles. The highest BCUT2D eigenvalue weighted by Crippen LogP contribution is 2.26. The van der Waals surface area contributed by atoms with Crippen molar-refractivity contribution in [2.24, 2.45) is 0 Å². The third-order valence-electron chi connectivity index (χ3n) is 3.03. The number of hydrogen-bond donors (Lipinski definition) is 0. The van der Waals surface area contributed by atoms with Crippen LogP contribution < -0.4 is 5.43 Å². The fourth-order valence-electron chi connectivity index (χ4n) is 2.15. The molecule has 0 N–H and O–H groups in total. The number of nitriles is 1. The highest BCUT2D eigenvalue weighted by Gasteiger charge is 2.12. The van der Waals surface area contributed by atoms with Crippen LogP contribution in [0.5, 0.6) is 0 Å². The van der Waals surface area contributed by atoms with E-state index in [1.807, 2.05) is 0 Å². The third-order valence-corrected chi connectivity index (χ3v) is 3.32. The molecular weight excluding hydrogens is 262 g/mol. The van der Waals surface area contributed by atoms with Gasteiger partial charge in [-0.1, -0.05) is 29.8 Å². The highest BCUT2D eigenvalue weighted by atomic mass is 35.5. The molecule has 4 heteroatoms.